The molecule has 1 unspecified atom stereocenters. The molecule has 1 saturated heterocycles. The molecule has 2 aromatic rings. The van der Waals surface area contributed by atoms with Gasteiger partial charge < -0.3 is 24.7 Å². The van der Waals surface area contributed by atoms with E-state index >= 15 is 0 Å². The number of carbonyl (C=O) groups is 1. The van der Waals surface area contributed by atoms with E-state index in [2.05, 4.69) is 20.6 Å². The van der Waals surface area contributed by atoms with E-state index in [9.17, 15) is 18.0 Å². The van der Waals surface area contributed by atoms with Crippen LogP contribution in [-0.2, 0) is 20.2 Å². The SMILES string of the molecule is CCC(C)Nc1nc(Nc2ccc(B3OC(C)(C)C(C)(C)O3)c(C(=O)OC)c2)ncc1C(F)(F)F. The molecule has 1 aliphatic heterocycles. The molecular formula is C23H30BF3N4O4. The summed E-state index contributed by atoms with van der Waals surface area (Å²) in [6, 6.07) is 4.54. The Morgan fingerprint density at radius 1 is 1.20 bits per heavy atom. The van der Waals surface area contributed by atoms with Crippen molar-refractivity contribution in [3.8, 4) is 0 Å². The van der Waals surface area contributed by atoms with Gasteiger partial charge in [0.25, 0.3) is 0 Å². The zero-order valence-electron chi connectivity index (χ0n) is 20.8. The number of hydrogen-bond donors (Lipinski definition) is 2. The van der Waals surface area contributed by atoms with Crippen molar-refractivity contribution in [1.82, 2.24) is 9.97 Å². The van der Waals surface area contributed by atoms with E-state index in [1.807, 2.05) is 34.6 Å². The third kappa shape index (κ3) is 5.70. The van der Waals surface area contributed by atoms with Gasteiger partial charge in [0.05, 0.1) is 23.9 Å². The second kappa shape index (κ2) is 9.65. The maximum absolute atomic E-state index is 13.4. The van der Waals surface area contributed by atoms with Gasteiger partial charge in [0, 0.05) is 17.9 Å². The van der Waals surface area contributed by atoms with Gasteiger partial charge in [-0.1, -0.05) is 13.0 Å². The number of methoxy groups -OCH3 is 1. The molecule has 35 heavy (non-hydrogen) atoms. The second-order valence-corrected chi connectivity index (χ2v) is 9.41. The minimum Gasteiger partial charge on any atom is -0.465 e. The number of esters is 1. The molecule has 8 nitrogen and oxygen atoms in total. The first kappa shape index (κ1) is 26.7. The van der Waals surface area contributed by atoms with E-state index in [1.165, 1.54) is 13.2 Å². The van der Waals surface area contributed by atoms with Gasteiger partial charge in [-0.25, -0.2) is 9.78 Å². The Morgan fingerprint density at radius 3 is 2.37 bits per heavy atom. The van der Waals surface area contributed by atoms with Crippen LogP contribution in [0.25, 0.3) is 0 Å². The van der Waals surface area contributed by atoms with Crippen LogP contribution in [0, 0.1) is 0 Å². The molecule has 12 heteroatoms. The van der Waals surface area contributed by atoms with Gasteiger partial charge in [-0.2, -0.15) is 18.2 Å². The van der Waals surface area contributed by atoms with Crippen LogP contribution in [0.4, 0.5) is 30.6 Å². The number of anilines is 3. The molecule has 1 aromatic heterocycles. The molecule has 1 atom stereocenters. The number of benzene rings is 1. The molecule has 2 heterocycles. The highest BCUT2D eigenvalue weighted by molar-refractivity contribution is 6.63. The largest absolute Gasteiger partial charge is 0.495 e. The zero-order valence-corrected chi connectivity index (χ0v) is 20.8. The van der Waals surface area contributed by atoms with Crippen LogP contribution in [0.3, 0.4) is 0 Å². The van der Waals surface area contributed by atoms with Crippen molar-refractivity contribution >= 4 is 36.0 Å². The third-order valence-electron chi connectivity index (χ3n) is 6.31. The lowest BCUT2D eigenvalue weighted by Crippen LogP contribution is -2.41. The molecule has 190 valence electrons. The van der Waals surface area contributed by atoms with Gasteiger partial charge in [-0.05, 0) is 58.6 Å². The second-order valence-electron chi connectivity index (χ2n) is 9.41. The summed E-state index contributed by atoms with van der Waals surface area (Å²) in [5.41, 5.74) is -1.17. The van der Waals surface area contributed by atoms with Crippen molar-refractivity contribution in [2.24, 2.45) is 0 Å². The number of carbonyl (C=O) groups excluding carboxylic acids is 1. The number of ether oxygens (including phenoxy) is 1. The van der Waals surface area contributed by atoms with Crippen LogP contribution in [-0.4, -0.2) is 47.4 Å². The lowest BCUT2D eigenvalue weighted by atomic mass is 9.75. The normalized spacial score (nSPS) is 17.7. The van der Waals surface area contributed by atoms with E-state index < -0.39 is 36.0 Å². The molecule has 1 aliphatic rings. The quantitative estimate of drug-likeness (QED) is 0.428. The molecule has 0 saturated carbocycles. The first-order valence-corrected chi connectivity index (χ1v) is 11.2. The lowest BCUT2D eigenvalue weighted by Gasteiger charge is -2.32. The van der Waals surface area contributed by atoms with Crippen molar-refractivity contribution in [3.05, 3.63) is 35.5 Å². The fourth-order valence-corrected chi connectivity index (χ4v) is 3.32. The monoisotopic (exact) mass is 494 g/mol. The Kier molecular flexibility index (Phi) is 7.38. The minimum atomic E-state index is -4.61. The van der Waals surface area contributed by atoms with Gasteiger partial charge in [-0.3, -0.25) is 0 Å². The van der Waals surface area contributed by atoms with Gasteiger partial charge in [0.1, 0.15) is 11.4 Å². The van der Waals surface area contributed by atoms with Gasteiger partial charge in [0.2, 0.25) is 5.95 Å². The first-order chi connectivity index (χ1) is 16.2. The van der Waals surface area contributed by atoms with E-state index in [0.29, 0.717) is 17.6 Å². The molecule has 1 fully saturated rings. The number of halogens is 3. The maximum Gasteiger partial charge on any atom is 0.495 e. The summed E-state index contributed by atoms with van der Waals surface area (Å²) in [5, 5.41) is 5.64. The molecule has 2 N–H and O–H groups in total. The van der Waals surface area contributed by atoms with E-state index in [1.54, 1.807) is 19.1 Å². The summed E-state index contributed by atoms with van der Waals surface area (Å²) in [6.07, 6.45) is -3.29. The van der Waals surface area contributed by atoms with Crippen LogP contribution in [0.15, 0.2) is 24.4 Å². The van der Waals surface area contributed by atoms with Crippen LogP contribution >= 0.6 is 0 Å². The highest BCUT2D eigenvalue weighted by atomic mass is 19.4. The Balaban J connectivity index is 1.95. The number of aromatic nitrogens is 2. The summed E-state index contributed by atoms with van der Waals surface area (Å²) < 4.78 is 57.3. The molecule has 0 aliphatic carbocycles. The van der Waals surface area contributed by atoms with Gasteiger partial charge in [-0.15, -0.1) is 0 Å². The summed E-state index contributed by atoms with van der Waals surface area (Å²) in [7, 11) is 0.444. The standard InChI is InChI=1S/C23H30BF3N4O4/c1-8-13(2)29-18-16(23(25,26)27)12-28-20(31-18)30-14-9-10-17(15(11-14)19(32)33-7)24-34-21(3,4)22(5,6)35-24/h9-13H,8H2,1-7H3,(H2,28,29,30,31). The van der Waals surface area contributed by atoms with Crippen LogP contribution < -0.4 is 16.1 Å². The average molecular weight is 494 g/mol. The molecule has 0 spiro atoms. The highest BCUT2D eigenvalue weighted by Gasteiger charge is 2.52. The van der Waals surface area contributed by atoms with Crippen molar-refractivity contribution in [2.75, 3.05) is 17.7 Å². The Bertz CT molecular complexity index is 1080. The molecule has 1 aromatic carbocycles. The molecule has 0 amide bonds. The number of alkyl halides is 3. The molecular weight excluding hydrogens is 464 g/mol. The number of hydrogen-bond acceptors (Lipinski definition) is 8. The van der Waals surface area contributed by atoms with Crippen molar-refractivity contribution in [2.45, 2.75) is 71.4 Å². The Hall–Kier alpha value is -2.86. The fourth-order valence-electron chi connectivity index (χ4n) is 3.32. The van der Waals surface area contributed by atoms with Gasteiger partial charge >= 0.3 is 19.3 Å². The zero-order chi connectivity index (χ0) is 26.2. The summed E-state index contributed by atoms with van der Waals surface area (Å²) >= 11 is 0. The van der Waals surface area contributed by atoms with Gasteiger partial charge in [0.15, 0.2) is 0 Å². The minimum absolute atomic E-state index is 0.0667. The summed E-state index contributed by atoms with van der Waals surface area (Å²) in [5.74, 6) is -1.01. The molecule has 3 rings (SSSR count). The smallest absolute Gasteiger partial charge is 0.465 e. The number of nitrogens with zero attached hydrogens (tertiary/aromatic N) is 2. The Morgan fingerprint density at radius 2 is 1.83 bits per heavy atom. The maximum atomic E-state index is 13.4. The number of nitrogens with one attached hydrogen (secondary N) is 2. The molecule has 0 radical (unpaired) electrons. The predicted octanol–water partition coefficient (Wildman–Crippen LogP) is 4.54. The summed E-state index contributed by atoms with van der Waals surface area (Å²) in [4.78, 5) is 20.4. The third-order valence-corrected chi connectivity index (χ3v) is 6.31. The summed E-state index contributed by atoms with van der Waals surface area (Å²) in [6.45, 7) is 11.2. The fraction of sp³-hybridized carbons (Fsp3) is 0.522. The van der Waals surface area contributed by atoms with E-state index in [-0.39, 0.29) is 23.4 Å². The lowest BCUT2D eigenvalue weighted by molar-refractivity contribution is -0.137. The average Bonchev–Trinajstić information content (AvgIpc) is 2.99. The predicted molar refractivity (Wildman–Crippen MR) is 127 cm³/mol. The van der Waals surface area contributed by atoms with Crippen LogP contribution in [0.1, 0.15) is 63.9 Å². The Labute approximate surface area is 203 Å². The van der Waals surface area contributed by atoms with Crippen LogP contribution in [0.5, 0.6) is 0 Å². The van der Waals surface area contributed by atoms with Crippen LogP contribution in [0.2, 0.25) is 0 Å². The highest BCUT2D eigenvalue weighted by Crippen LogP contribution is 2.37. The van der Waals surface area contributed by atoms with Crippen molar-refractivity contribution in [3.63, 3.8) is 0 Å². The topological polar surface area (TPSA) is 94.6 Å². The molecule has 0 bridgehead atoms. The van der Waals surface area contributed by atoms with E-state index in [4.69, 9.17) is 14.0 Å². The number of rotatable bonds is 7. The van der Waals surface area contributed by atoms with Crippen molar-refractivity contribution in [1.29, 1.82) is 0 Å². The van der Waals surface area contributed by atoms with Crippen molar-refractivity contribution < 1.29 is 32.0 Å². The van der Waals surface area contributed by atoms with E-state index in [0.717, 1.165) is 6.20 Å². The first-order valence-electron chi connectivity index (χ1n) is 11.2.